The van der Waals surface area contributed by atoms with E-state index in [1.807, 2.05) is 31.2 Å². The summed E-state index contributed by atoms with van der Waals surface area (Å²) in [5.41, 5.74) is 1.60. The summed E-state index contributed by atoms with van der Waals surface area (Å²) in [5.74, 6) is 2.47. The highest BCUT2D eigenvalue weighted by molar-refractivity contribution is 14.0. The van der Waals surface area contributed by atoms with E-state index in [0.717, 1.165) is 36.5 Å². The van der Waals surface area contributed by atoms with Crippen molar-refractivity contribution in [2.75, 3.05) is 41.0 Å². The van der Waals surface area contributed by atoms with Gasteiger partial charge in [-0.3, -0.25) is 4.99 Å². The molecular formula is C24H33FIN3O3. The maximum atomic E-state index is 14.3. The van der Waals surface area contributed by atoms with Crippen LogP contribution >= 0.6 is 24.0 Å². The standard InChI is InChI=1S/C24H32FN3O3.HI/c1-5-26-23(28-16-24(13-14-24)18-8-6-7-9-19(18)25)27-15-12-17-10-11-20(29-2)22(31-4)21(17)30-3;/h6-11H,5,12-16H2,1-4H3,(H2,26,27,28);1H. The first kappa shape index (κ1) is 26.0. The molecule has 1 aliphatic carbocycles. The molecular weight excluding hydrogens is 524 g/mol. The fraction of sp³-hybridized carbons (Fsp3) is 0.458. The second-order valence-electron chi connectivity index (χ2n) is 7.63. The van der Waals surface area contributed by atoms with Gasteiger partial charge in [-0.1, -0.05) is 24.3 Å². The quantitative estimate of drug-likeness (QED) is 0.259. The average Bonchev–Trinajstić information content (AvgIpc) is 3.58. The summed E-state index contributed by atoms with van der Waals surface area (Å²) in [6.45, 7) is 3.99. The maximum Gasteiger partial charge on any atom is 0.203 e. The molecule has 0 unspecified atom stereocenters. The zero-order valence-corrected chi connectivity index (χ0v) is 21.5. The van der Waals surface area contributed by atoms with Crippen LogP contribution in [0.15, 0.2) is 41.4 Å². The lowest BCUT2D eigenvalue weighted by Crippen LogP contribution is -2.39. The third kappa shape index (κ3) is 5.96. The van der Waals surface area contributed by atoms with Crippen molar-refractivity contribution in [2.24, 2.45) is 4.99 Å². The highest BCUT2D eigenvalue weighted by Crippen LogP contribution is 2.49. The zero-order chi connectivity index (χ0) is 22.3. The van der Waals surface area contributed by atoms with Gasteiger partial charge in [0.15, 0.2) is 17.5 Å². The Labute approximate surface area is 207 Å². The predicted octanol–water partition coefficient (Wildman–Crippen LogP) is 4.30. The average molecular weight is 557 g/mol. The molecule has 0 radical (unpaired) electrons. The second kappa shape index (κ2) is 12.1. The molecule has 32 heavy (non-hydrogen) atoms. The van der Waals surface area contributed by atoms with E-state index in [-0.39, 0.29) is 35.2 Å². The van der Waals surface area contributed by atoms with Gasteiger partial charge in [0.2, 0.25) is 5.75 Å². The Bertz CT molecular complexity index is 919. The molecule has 6 nitrogen and oxygen atoms in total. The number of halogens is 2. The molecule has 0 bridgehead atoms. The summed E-state index contributed by atoms with van der Waals surface area (Å²) in [5, 5.41) is 6.64. The minimum atomic E-state index is -0.180. The first-order valence-electron chi connectivity index (χ1n) is 10.6. The van der Waals surface area contributed by atoms with Crippen molar-refractivity contribution < 1.29 is 18.6 Å². The smallest absolute Gasteiger partial charge is 0.203 e. The second-order valence-corrected chi connectivity index (χ2v) is 7.63. The Kier molecular flexibility index (Phi) is 9.86. The molecule has 0 aromatic heterocycles. The molecule has 2 aromatic carbocycles. The van der Waals surface area contributed by atoms with Crippen molar-refractivity contribution in [3.05, 3.63) is 53.3 Å². The van der Waals surface area contributed by atoms with Gasteiger partial charge in [-0.25, -0.2) is 4.39 Å². The van der Waals surface area contributed by atoms with Crippen LogP contribution in [0.5, 0.6) is 17.2 Å². The van der Waals surface area contributed by atoms with Crippen molar-refractivity contribution >= 4 is 29.9 Å². The van der Waals surface area contributed by atoms with E-state index >= 15 is 0 Å². The zero-order valence-electron chi connectivity index (χ0n) is 19.2. The van der Waals surface area contributed by atoms with Crippen LogP contribution in [0, 0.1) is 5.82 Å². The molecule has 2 aromatic rings. The summed E-state index contributed by atoms with van der Waals surface area (Å²) in [4.78, 5) is 4.75. The largest absolute Gasteiger partial charge is 0.493 e. The number of nitrogens with one attached hydrogen (secondary N) is 2. The van der Waals surface area contributed by atoms with Crippen molar-refractivity contribution in [2.45, 2.75) is 31.6 Å². The van der Waals surface area contributed by atoms with E-state index in [1.165, 1.54) is 6.07 Å². The van der Waals surface area contributed by atoms with Crippen LogP contribution < -0.4 is 24.8 Å². The van der Waals surface area contributed by atoms with Crippen LogP contribution in [-0.4, -0.2) is 46.9 Å². The monoisotopic (exact) mass is 557 g/mol. The van der Waals surface area contributed by atoms with E-state index in [1.54, 1.807) is 27.4 Å². The molecule has 0 atom stereocenters. The molecule has 2 N–H and O–H groups in total. The summed E-state index contributed by atoms with van der Waals surface area (Å²) in [6.07, 6.45) is 2.63. The highest BCUT2D eigenvalue weighted by atomic mass is 127. The van der Waals surface area contributed by atoms with Gasteiger partial charge in [0.05, 0.1) is 27.9 Å². The molecule has 0 amide bonds. The van der Waals surface area contributed by atoms with Crippen LogP contribution in [0.25, 0.3) is 0 Å². The molecule has 0 spiro atoms. The number of nitrogens with zero attached hydrogens (tertiary/aromatic N) is 1. The Morgan fingerprint density at radius 2 is 1.72 bits per heavy atom. The lowest BCUT2D eigenvalue weighted by atomic mass is 9.95. The minimum absolute atomic E-state index is 0. The number of hydrogen-bond donors (Lipinski definition) is 2. The van der Waals surface area contributed by atoms with Gasteiger partial charge in [0.25, 0.3) is 0 Å². The third-order valence-corrected chi connectivity index (χ3v) is 5.66. The van der Waals surface area contributed by atoms with E-state index in [2.05, 4.69) is 10.6 Å². The Hall–Kier alpha value is -2.23. The van der Waals surface area contributed by atoms with E-state index in [0.29, 0.717) is 36.8 Å². The minimum Gasteiger partial charge on any atom is -0.493 e. The molecule has 1 saturated carbocycles. The van der Waals surface area contributed by atoms with Crippen LogP contribution in [0.4, 0.5) is 4.39 Å². The van der Waals surface area contributed by atoms with Crippen LogP contribution in [0.1, 0.15) is 30.9 Å². The highest BCUT2D eigenvalue weighted by Gasteiger charge is 2.45. The van der Waals surface area contributed by atoms with Crippen molar-refractivity contribution in [1.82, 2.24) is 10.6 Å². The SMILES string of the molecule is CCNC(=NCC1(c2ccccc2F)CC1)NCCc1ccc(OC)c(OC)c1OC.I. The lowest BCUT2D eigenvalue weighted by molar-refractivity contribution is 0.322. The maximum absolute atomic E-state index is 14.3. The van der Waals surface area contributed by atoms with E-state index in [4.69, 9.17) is 19.2 Å². The Morgan fingerprint density at radius 3 is 2.31 bits per heavy atom. The van der Waals surface area contributed by atoms with Crippen LogP contribution in [0.2, 0.25) is 0 Å². The molecule has 0 heterocycles. The number of ether oxygens (including phenoxy) is 3. The first-order valence-corrected chi connectivity index (χ1v) is 10.6. The van der Waals surface area contributed by atoms with Gasteiger partial charge in [-0.2, -0.15) is 0 Å². The lowest BCUT2D eigenvalue weighted by Gasteiger charge is -2.18. The van der Waals surface area contributed by atoms with Gasteiger partial charge in [-0.15, -0.1) is 24.0 Å². The summed E-state index contributed by atoms with van der Waals surface area (Å²) in [6, 6.07) is 10.9. The van der Waals surface area contributed by atoms with E-state index in [9.17, 15) is 4.39 Å². The molecule has 0 saturated heterocycles. The van der Waals surface area contributed by atoms with Gasteiger partial charge < -0.3 is 24.8 Å². The molecule has 1 aliphatic rings. The van der Waals surface area contributed by atoms with E-state index < -0.39 is 0 Å². The normalized spacial score (nSPS) is 14.2. The Morgan fingerprint density at radius 1 is 1.00 bits per heavy atom. The number of guanidine groups is 1. The fourth-order valence-corrected chi connectivity index (χ4v) is 3.80. The number of methoxy groups -OCH3 is 3. The van der Waals surface area contributed by atoms with Crippen molar-refractivity contribution in [3.8, 4) is 17.2 Å². The van der Waals surface area contributed by atoms with Crippen molar-refractivity contribution in [3.63, 3.8) is 0 Å². The number of hydrogen-bond acceptors (Lipinski definition) is 4. The molecule has 176 valence electrons. The van der Waals surface area contributed by atoms with Crippen LogP contribution in [-0.2, 0) is 11.8 Å². The van der Waals surface area contributed by atoms with Crippen LogP contribution in [0.3, 0.4) is 0 Å². The van der Waals surface area contributed by atoms with Gasteiger partial charge >= 0.3 is 0 Å². The Balaban J connectivity index is 0.00000363. The number of benzene rings is 2. The van der Waals surface area contributed by atoms with Crippen molar-refractivity contribution in [1.29, 1.82) is 0 Å². The first-order chi connectivity index (χ1) is 15.1. The molecule has 3 rings (SSSR count). The third-order valence-electron chi connectivity index (χ3n) is 5.66. The van der Waals surface area contributed by atoms with Gasteiger partial charge in [0.1, 0.15) is 5.82 Å². The molecule has 0 aliphatic heterocycles. The topological polar surface area (TPSA) is 64.1 Å². The summed E-state index contributed by atoms with van der Waals surface area (Å²) >= 11 is 0. The molecule has 1 fully saturated rings. The number of rotatable bonds is 10. The summed E-state index contributed by atoms with van der Waals surface area (Å²) in [7, 11) is 4.82. The fourth-order valence-electron chi connectivity index (χ4n) is 3.80. The molecule has 8 heteroatoms. The summed E-state index contributed by atoms with van der Waals surface area (Å²) < 4.78 is 30.6. The van der Waals surface area contributed by atoms with Gasteiger partial charge in [-0.05, 0) is 43.9 Å². The van der Waals surface area contributed by atoms with Gasteiger partial charge in [0, 0.05) is 24.1 Å². The predicted molar refractivity (Wildman–Crippen MR) is 137 cm³/mol. The number of aliphatic imine (C=N–C) groups is 1.